The average molecular weight is 265 g/mol. The third kappa shape index (κ3) is 2.68. The second-order valence-electron chi connectivity index (χ2n) is 6.17. The lowest BCUT2D eigenvalue weighted by atomic mass is 10.0. The molecule has 2 fully saturated rings. The van der Waals surface area contributed by atoms with Gasteiger partial charge in [0.2, 0.25) is 5.13 Å². The van der Waals surface area contributed by atoms with Crippen molar-refractivity contribution >= 4 is 16.7 Å². The van der Waals surface area contributed by atoms with Crippen LogP contribution in [0.1, 0.15) is 64.1 Å². The molecular weight excluding hydrogens is 242 g/mol. The summed E-state index contributed by atoms with van der Waals surface area (Å²) in [5.74, 6) is 2.61. The van der Waals surface area contributed by atoms with Gasteiger partial charge in [-0.15, -0.1) is 0 Å². The van der Waals surface area contributed by atoms with Gasteiger partial charge in [-0.25, -0.2) is 4.98 Å². The number of nitrogens with zero attached hydrogens (tertiary/aromatic N) is 3. The van der Waals surface area contributed by atoms with Gasteiger partial charge in [-0.2, -0.15) is 4.37 Å². The third-order valence-corrected chi connectivity index (χ3v) is 4.84. The zero-order chi connectivity index (χ0) is 12.5. The van der Waals surface area contributed by atoms with E-state index in [0.29, 0.717) is 12.0 Å². The lowest BCUT2D eigenvalue weighted by Gasteiger charge is -2.24. The highest BCUT2D eigenvalue weighted by molar-refractivity contribution is 7.09. The lowest BCUT2D eigenvalue weighted by molar-refractivity contribution is 0.495. The summed E-state index contributed by atoms with van der Waals surface area (Å²) in [6.45, 7) is 5.81. The van der Waals surface area contributed by atoms with Gasteiger partial charge < -0.3 is 4.90 Å². The number of hydrogen-bond acceptors (Lipinski definition) is 4. The van der Waals surface area contributed by atoms with Crippen LogP contribution in [0.15, 0.2) is 0 Å². The van der Waals surface area contributed by atoms with Crippen LogP contribution in [-0.2, 0) is 0 Å². The zero-order valence-electron chi connectivity index (χ0n) is 11.4. The molecule has 1 aromatic rings. The van der Waals surface area contributed by atoms with Gasteiger partial charge in [0.15, 0.2) is 0 Å². The Balaban J connectivity index is 1.65. The molecule has 0 N–H and O–H groups in total. The van der Waals surface area contributed by atoms with Gasteiger partial charge in [-0.3, -0.25) is 0 Å². The molecule has 1 unspecified atom stereocenters. The van der Waals surface area contributed by atoms with E-state index in [4.69, 9.17) is 4.98 Å². The third-order valence-electron chi connectivity index (χ3n) is 4.07. The predicted molar refractivity (Wildman–Crippen MR) is 76.3 cm³/mol. The number of aromatic nitrogens is 2. The van der Waals surface area contributed by atoms with Crippen LogP contribution in [0.4, 0.5) is 5.13 Å². The van der Waals surface area contributed by atoms with Crippen molar-refractivity contribution in [1.82, 2.24) is 9.36 Å². The molecule has 1 aliphatic carbocycles. The van der Waals surface area contributed by atoms with Crippen LogP contribution >= 0.6 is 11.5 Å². The maximum Gasteiger partial charge on any atom is 0.205 e. The van der Waals surface area contributed by atoms with Crippen LogP contribution < -0.4 is 4.90 Å². The van der Waals surface area contributed by atoms with E-state index in [1.165, 1.54) is 50.2 Å². The minimum atomic E-state index is 0.687. The van der Waals surface area contributed by atoms with E-state index in [1.807, 2.05) is 0 Å². The smallest absolute Gasteiger partial charge is 0.205 e. The monoisotopic (exact) mass is 265 g/mol. The van der Waals surface area contributed by atoms with Gasteiger partial charge in [-0.1, -0.05) is 13.8 Å². The summed E-state index contributed by atoms with van der Waals surface area (Å²) in [6, 6.07) is 0.715. The number of anilines is 1. The van der Waals surface area contributed by atoms with Crippen LogP contribution in [0.5, 0.6) is 0 Å². The average Bonchev–Trinajstić information content (AvgIpc) is 2.92. The largest absolute Gasteiger partial charge is 0.344 e. The Kier molecular flexibility index (Phi) is 3.55. The standard InChI is InChI=1S/C14H23N3S/c1-10(2)5-8-12-4-3-9-17(12)14-15-13(16-18-14)11-6-7-11/h10-12H,3-9H2,1-2H3. The molecule has 0 bridgehead atoms. The van der Waals surface area contributed by atoms with Crippen molar-refractivity contribution in [2.45, 2.75) is 64.3 Å². The molecule has 1 atom stereocenters. The van der Waals surface area contributed by atoms with E-state index in [1.54, 1.807) is 11.5 Å². The normalized spacial score (nSPS) is 24.2. The SMILES string of the molecule is CC(C)CCC1CCCN1c1nc(C2CC2)ns1. The topological polar surface area (TPSA) is 29.0 Å². The molecule has 0 amide bonds. The fraction of sp³-hybridized carbons (Fsp3) is 0.857. The highest BCUT2D eigenvalue weighted by Crippen LogP contribution is 2.40. The summed E-state index contributed by atoms with van der Waals surface area (Å²) >= 11 is 1.62. The van der Waals surface area contributed by atoms with E-state index in [9.17, 15) is 0 Å². The minimum absolute atomic E-state index is 0.687. The molecule has 1 aromatic heterocycles. The van der Waals surface area contributed by atoms with E-state index in [0.717, 1.165) is 11.7 Å². The van der Waals surface area contributed by atoms with Crippen LogP contribution in [0, 0.1) is 5.92 Å². The van der Waals surface area contributed by atoms with Gasteiger partial charge >= 0.3 is 0 Å². The molecule has 100 valence electrons. The zero-order valence-corrected chi connectivity index (χ0v) is 12.2. The first-order valence-electron chi connectivity index (χ1n) is 7.34. The summed E-state index contributed by atoms with van der Waals surface area (Å²) in [7, 11) is 0. The Morgan fingerprint density at radius 1 is 1.33 bits per heavy atom. The summed E-state index contributed by atoms with van der Waals surface area (Å²) in [5.41, 5.74) is 0. The molecule has 2 heterocycles. The van der Waals surface area contributed by atoms with Gasteiger partial charge in [0.25, 0.3) is 0 Å². The fourth-order valence-electron chi connectivity index (χ4n) is 2.76. The molecule has 0 spiro atoms. The Morgan fingerprint density at radius 2 is 2.17 bits per heavy atom. The van der Waals surface area contributed by atoms with Crippen LogP contribution in [-0.4, -0.2) is 21.9 Å². The fourth-order valence-corrected chi connectivity index (χ4v) is 3.61. The highest BCUT2D eigenvalue weighted by atomic mass is 32.1. The maximum atomic E-state index is 4.76. The van der Waals surface area contributed by atoms with E-state index >= 15 is 0 Å². The van der Waals surface area contributed by atoms with E-state index in [2.05, 4.69) is 23.1 Å². The molecule has 1 saturated heterocycles. The van der Waals surface area contributed by atoms with Crippen LogP contribution in [0.2, 0.25) is 0 Å². The molecule has 3 rings (SSSR count). The summed E-state index contributed by atoms with van der Waals surface area (Å²) < 4.78 is 4.54. The van der Waals surface area contributed by atoms with Crippen molar-refractivity contribution in [3.8, 4) is 0 Å². The summed E-state index contributed by atoms with van der Waals surface area (Å²) in [6.07, 6.45) is 7.90. The molecular formula is C14H23N3S. The molecule has 2 aliphatic rings. The second-order valence-corrected chi connectivity index (χ2v) is 6.90. The Labute approximate surface area is 114 Å². The van der Waals surface area contributed by atoms with E-state index in [-0.39, 0.29) is 0 Å². The van der Waals surface area contributed by atoms with Crippen molar-refractivity contribution in [3.05, 3.63) is 5.82 Å². The van der Waals surface area contributed by atoms with E-state index < -0.39 is 0 Å². The van der Waals surface area contributed by atoms with Crippen molar-refractivity contribution in [2.24, 2.45) is 5.92 Å². The van der Waals surface area contributed by atoms with Gasteiger partial charge in [0.05, 0.1) is 0 Å². The molecule has 3 nitrogen and oxygen atoms in total. The van der Waals surface area contributed by atoms with Crippen molar-refractivity contribution in [2.75, 3.05) is 11.4 Å². The second kappa shape index (κ2) is 5.16. The molecule has 0 radical (unpaired) electrons. The first kappa shape index (κ1) is 12.4. The Morgan fingerprint density at radius 3 is 2.89 bits per heavy atom. The summed E-state index contributed by atoms with van der Waals surface area (Å²) in [4.78, 5) is 7.28. The van der Waals surface area contributed by atoms with Gasteiger partial charge in [0.1, 0.15) is 5.82 Å². The molecule has 1 aliphatic heterocycles. The molecule has 4 heteroatoms. The Hall–Kier alpha value is -0.640. The maximum absolute atomic E-state index is 4.76. The first-order valence-corrected chi connectivity index (χ1v) is 8.11. The number of hydrogen-bond donors (Lipinski definition) is 0. The first-order chi connectivity index (χ1) is 8.74. The Bertz CT molecular complexity index is 397. The molecule has 1 saturated carbocycles. The van der Waals surface area contributed by atoms with Crippen molar-refractivity contribution in [1.29, 1.82) is 0 Å². The van der Waals surface area contributed by atoms with Crippen molar-refractivity contribution in [3.63, 3.8) is 0 Å². The van der Waals surface area contributed by atoms with Crippen molar-refractivity contribution < 1.29 is 0 Å². The quantitative estimate of drug-likeness (QED) is 0.810. The van der Waals surface area contributed by atoms with Gasteiger partial charge in [0, 0.05) is 30.0 Å². The summed E-state index contributed by atoms with van der Waals surface area (Å²) in [5, 5.41) is 1.18. The van der Waals surface area contributed by atoms with Crippen LogP contribution in [0.3, 0.4) is 0 Å². The lowest BCUT2D eigenvalue weighted by Crippen LogP contribution is -2.29. The highest BCUT2D eigenvalue weighted by Gasteiger charge is 2.31. The van der Waals surface area contributed by atoms with Crippen LogP contribution in [0.25, 0.3) is 0 Å². The molecule has 18 heavy (non-hydrogen) atoms. The number of rotatable bonds is 5. The molecule has 0 aromatic carbocycles. The predicted octanol–water partition coefficient (Wildman–Crippen LogP) is 3.82. The minimum Gasteiger partial charge on any atom is -0.344 e. The van der Waals surface area contributed by atoms with Gasteiger partial charge in [-0.05, 0) is 44.4 Å².